The summed E-state index contributed by atoms with van der Waals surface area (Å²) in [4.78, 5) is 2.39. The second-order valence-electron chi connectivity index (χ2n) is 4.62. The van der Waals surface area contributed by atoms with Gasteiger partial charge in [0.2, 0.25) is 0 Å². The van der Waals surface area contributed by atoms with E-state index in [4.69, 9.17) is 0 Å². The number of phenolic OH excluding ortho intramolecular Hbond substituents is 1. The number of nitrogens with zero attached hydrogens (tertiary/aromatic N) is 1. The average molecular weight is 205 g/mol. The number of hydrogen-bond acceptors (Lipinski definition) is 2. The van der Waals surface area contributed by atoms with E-state index in [1.54, 1.807) is 6.07 Å². The van der Waals surface area contributed by atoms with E-state index in [1.807, 2.05) is 12.1 Å². The molecule has 0 aromatic heterocycles. The molecule has 1 aliphatic heterocycles. The van der Waals surface area contributed by atoms with E-state index in [0.717, 1.165) is 12.3 Å². The van der Waals surface area contributed by atoms with Crippen LogP contribution in [0.2, 0.25) is 0 Å². The molecule has 1 saturated heterocycles. The highest BCUT2D eigenvalue weighted by Crippen LogP contribution is 2.22. The molecule has 0 spiro atoms. The van der Waals surface area contributed by atoms with Gasteiger partial charge in [0.25, 0.3) is 0 Å². The number of benzene rings is 1. The average Bonchev–Trinajstić information content (AvgIpc) is 2.22. The molecule has 82 valence electrons. The molecule has 0 radical (unpaired) electrons. The fourth-order valence-electron chi connectivity index (χ4n) is 2.28. The predicted molar refractivity (Wildman–Crippen MR) is 62.0 cm³/mol. The lowest BCUT2D eigenvalue weighted by atomic mass is 9.90. The van der Waals surface area contributed by atoms with Gasteiger partial charge in [-0.3, -0.25) is 0 Å². The zero-order valence-electron chi connectivity index (χ0n) is 9.32. The second kappa shape index (κ2) is 4.67. The molecule has 0 aliphatic carbocycles. The van der Waals surface area contributed by atoms with E-state index in [2.05, 4.69) is 18.0 Å². The maximum absolute atomic E-state index is 9.38. The van der Waals surface area contributed by atoms with Crippen LogP contribution in [0.3, 0.4) is 0 Å². The Kier molecular flexibility index (Phi) is 3.27. The summed E-state index contributed by atoms with van der Waals surface area (Å²) in [5.41, 5.74) is 1.27. The summed E-state index contributed by atoms with van der Waals surface area (Å²) in [6.07, 6.45) is 3.68. The van der Waals surface area contributed by atoms with Crippen LogP contribution < -0.4 is 0 Å². The molecule has 0 unspecified atom stereocenters. The van der Waals surface area contributed by atoms with E-state index < -0.39 is 0 Å². The molecule has 15 heavy (non-hydrogen) atoms. The van der Waals surface area contributed by atoms with Gasteiger partial charge in [-0.2, -0.15) is 0 Å². The van der Waals surface area contributed by atoms with E-state index >= 15 is 0 Å². The van der Waals surface area contributed by atoms with Crippen molar-refractivity contribution < 1.29 is 5.11 Å². The first-order valence-corrected chi connectivity index (χ1v) is 5.70. The van der Waals surface area contributed by atoms with Crippen molar-refractivity contribution in [2.75, 3.05) is 20.1 Å². The highest BCUT2D eigenvalue weighted by atomic mass is 16.3. The number of piperidine rings is 1. The van der Waals surface area contributed by atoms with Crippen molar-refractivity contribution >= 4 is 0 Å². The quantitative estimate of drug-likeness (QED) is 0.800. The Hall–Kier alpha value is -1.02. The molecule has 1 N–H and O–H groups in total. The lowest BCUT2D eigenvalue weighted by Gasteiger charge is -2.28. The molecular formula is C13H19NO. The third kappa shape index (κ3) is 2.96. The predicted octanol–water partition coefficient (Wildman–Crippen LogP) is 2.28. The van der Waals surface area contributed by atoms with Gasteiger partial charge < -0.3 is 10.0 Å². The van der Waals surface area contributed by atoms with Crippen LogP contribution in [0.25, 0.3) is 0 Å². The van der Waals surface area contributed by atoms with Crippen molar-refractivity contribution in [1.82, 2.24) is 4.90 Å². The molecule has 1 aliphatic rings. The van der Waals surface area contributed by atoms with E-state index in [9.17, 15) is 5.11 Å². The molecule has 2 rings (SSSR count). The van der Waals surface area contributed by atoms with Gasteiger partial charge in [-0.05, 0) is 63.0 Å². The number of aromatic hydroxyl groups is 1. The van der Waals surface area contributed by atoms with Crippen LogP contribution in [0, 0.1) is 5.92 Å². The number of likely N-dealkylation sites (tertiary alicyclic amines) is 1. The van der Waals surface area contributed by atoms with Crippen LogP contribution in [-0.4, -0.2) is 30.1 Å². The Morgan fingerprint density at radius 1 is 1.33 bits per heavy atom. The maximum atomic E-state index is 9.38. The van der Waals surface area contributed by atoms with Crippen LogP contribution in [0.5, 0.6) is 5.75 Å². The Balaban J connectivity index is 1.92. The molecule has 1 aromatic carbocycles. The maximum Gasteiger partial charge on any atom is 0.115 e. The molecule has 1 fully saturated rings. The lowest BCUT2D eigenvalue weighted by Crippen LogP contribution is -2.30. The normalized spacial score (nSPS) is 19.3. The van der Waals surface area contributed by atoms with Gasteiger partial charge in [0.05, 0.1) is 0 Å². The minimum absolute atomic E-state index is 0.389. The van der Waals surface area contributed by atoms with Gasteiger partial charge >= 0.3 is 0 Å². The summed E-state index contributed by atoms with van der Waals surface area (Å²) >= 11 is 0. The van der Waals surface area contributed by atoms with Crippen molar-refractivity contribution in [3.05, 3.63) is 29.8 Å². The third-order valence-corrected chi connectivity index (χ3v) is 3.27. The topological polar surface area (TPSA) is 23.5 Å². The zero-order valence-corrected chi connectivity index (χ0v) is 9.32. The third-order valence-electron chi connectivity index (χ3n) is 3.27. The van der Waals surface area contributed by atoms with Crippen molar-refractivity contribution in [3.8, 4) is 5.75 Å². The van der Waals surface area contributed by atoms with E-state index in [-0.39, 0.29) is 0 Å². The highest BCUT2D eigenvalue weighted by molar-refractivity contribution is 5.27. The molecule has 0 atom stereocenters. The highest BCUT2D eigenvalue weighted by Gasteiger charge is 2.16. The Labute approximate surface area is 91.5 Å². The van der Waals surface area contributed by atoms with Crippen LogP contribution in [0.4, 0.5) is 0 Å². The van der Waals surface area contributed by atoms with Crippen molar-refractivity contribution in [1.29, 1.82) is 0 Å². The molecule has 0 saturated carbocycles. The van der Waals surface area contributed by atoms with Crippen LogP contribution in [0.1, 0.15) is 18.4 Å². The standard InChI is InChI=1S/C13H19NO/c1-14-7-5-11(6-8-14)9-12-3-2-4-13(15)10-12/h2-4,10-11,15H,5-9H2,1H3. The van der Waals surface area contributed by atoms with Gasteiger partial charge in [-0.15, -0.1) is 0 Å². The number of rotatable bonds is 2. The number of phenols is 1. The van der Waals surface area contributed by atoms with Crippen molar-refractivity contribution in [3.63, 3.8) is 0 Å². The molecule has 2 heteroatoms. The first-order valence-electron chi connectivity index (χ1n) is 5.70. The molecular weight excluding hydrogens is 186 g/mol. The summed E-state index contributed by atoms with van der Waals surface area (Å²) in [7, 11) is 2.19. The summed E-state index contributed by atoms with van der Waals surface area (Å²) in [5.74, 6) is 1.18. The minimum atomic E-state index is 0.389. The zero-order chi connectivity index (χ0) is 10.7. The largest absolute Gasteiger partial charge is 0.508 e. The fourth-order valence-corrected chi connectivity index (χ4v) is 2.28. The first kappa shape index (κ1) is 10.5. The Morgan fingerprint density at radius 3 is 2.73 bits per heavy atom. The SMILES string of the molecule is CN1CCC(Cc2cccc(O)c2)CC1. The smallest absolute Gasteiger partial charge is 0.115 e. The van der Waals surface area contributed by atoms with Crippen molar-refractivity contribution in [2.24, 2.45) is 5.92 Å². The van der Waals surface area contributed by atoms with Crippen LogP contribution in [0.15, 0.2) is 24.3 Å². The van der Waals surface area contributed by atoms with Gasteiger partial charge in [0.1, 0.15) is 5.75 Å². The van der Waals surface area contributed by atoms with E-state index in [1.165, 1.54) is 31.5 Å². The van der Waals surface area contributed by atoms with Gasteiger partial charge in [-0.1, -0.05) is 12.1 Å². The summed E-state index contributed by atoms with van der Waals surface area (Å²) in [6.45, 7) is 2.42. The Morgan fingerprint density at radius 2 is 2.07 bits per heavy atom. The Bertz CT molecular complexity index is 316. The monoisotopic (exact) mass is 205 g/mol. The second-order valence-corrected chi connectivity index (χ2v) is 4.62. The minimum Gasteiger partial charge on any atom is -0.508 e. The fraction of sp³-hybridized carbons (Fsp3) is 0.538. The number of hydrogen-bond donors (Lipinski definition) is 1. The van der Waals surface area contributed by atoms with Gasteiger partial charge in [-0.25, -0.2) is 0 Å². The van der Waals surface area contributed by atoms with Gasteiger partial charge in [0.15, 0.2) is 0 Å². The molecule has 0 bridgehead atoms. The van der Waals surface area contributed by atoms with E-state index in [0.29, 0.717) is 5.75 Å². The first-order chi connectivity index (χ1) is 7.24. The van der Waals surface area contributed by atoms with Crippen LogP contribution in [-0.2, 0) is 6.42 Å². The molecule has 1 aromatic rings. The summed E-state index contributed by atoms with van der Waals surface area (Å²) in [5, 5.41) is 9.38. The summed E-state index contributed by atoms with van der Waals surface area (Å²) in [6, 6.07) is 7.66. The van der Waals surface area contributed by atoms with Gasteiger partial charge in [0, 0.05) is 0 Å². The van der Waals surface area contributed by atoms with Crippen LogP contribution >= 0.6 is 0 Å². The summed E-state index contributed by atoms with van der Waals surface area (Å²) < 4.78 is 0. The lowest BCUT2D eigenvalue weighted by molar-refractivity contribution is 0.219. The molecule has 1 heterocycles. The molecule has 0 amide bonds. The molecule has 2 nitrogen and oxygen atoms in total. The van der Waals surface area contributed by atoms with Crippen molar-refractivity contribution in [2.45, 2.75) is 19.3 Å².